The minimum atomic E-state index is -0.879. The van der Waals surface area contributed by atoms with Crippen LogP contribution < -0.4 is 10.2 Å². The van der Waals surface area contributed by atoms with Crippen LogP contribution in [0.1, 0.15) is 18.6 Å². The van der Waals surface area contributed by atoms with E-state index in [9.17, 15) is 19.1 Å². The number of nitrogens with zero attached hydrogens (tertiary/aromatic N) is 1. The van der Waals surface area contributed by atoms with Crippen molar-refractivity contribution >= 4 is 17.5 Å². The van der Waals surface area contributed by atoms with Gasteiger partial charge in [-0.1, -0.05) is 0 Å². The second-order valence-electron chi connectivity index (χ2n) is 4.21. The van der Waals surface area contributed by atoms with E-state index in [-0.39, 0.29) is 13.1 Å². The summed E-state index contributed by atoms with van der Waals surface area (Å²) < 4.78 is 13.2. The number of piperazine rings is 1. The van der Waals surface area contributed by atoms with Gasteiger partial charge < -0.3 is 10.0 Å². The van der Waals surface area contributed by atoms with Crippen molar-refractivity contribution in [1.82, 2.24) is 5.32 Å². The van der Waals surface area contributed by atoms with Gasteiger partial charge in [0.1, 0.15) is 5.82 Å². The van der Waals surface area contributed by atoms with Crippen LogP contribution in [0.5, 0.6) is 0 Å². The zero-order valence-electron chi connectivity index (χ0n) is 9.81. The molecule has 1 aliphatic rings. The molecule has 18 heavy (non-hydrogen) atoms. The van der Waals surface area contributed by atoms with E-state index in [0.29, 0.717) is 11.3 Å². The summed E-state index contributed by atoms with van der Waals surface area (Å²) in [7, 11) is 0. The lowest BCUT2D eigenvalue weighted by molar-refractivity contribution is -0.130. The second-order valence-corrected chi connectivity index (χ2v) is 4.21. The van der Waals surface area contributed by atoms with Crippen LogP contribution in [0.25, 0.3) is 0 Å². The van der Waals surface area contributed by atoms with Crippen LogP contribution in [-0.2, 0) is 9.59 Å². The number of benzene rings is 1. The van der Waals surface area contributed by atoms with Crippen molar-refractivity contribution in [2.75, 3.05) is 18.0 Å². The third-order valence-electron chi connectivity index (χ3n) is 2.73. The monoisotopic (exact) mass is 252 g/mol. The fourth-order valence-electron chi connectivity index (χ4n) is 1.96. The molecule has 6 heteroatoms. The van der Waals surface area contributed by atoms with Gasteiger partial charge in [-0.25, -0.2) is 4.39 Å². The highest BCUT2D eigenvalue weighted by Crippen LogP contribution is 2.27. The van der Waals surface area contributed by atoms with Crippen LogP contribution in [0.2, 0.25) is 0 Å². The molecular formula is C12H13FN2O3. The van der Waals surface area contributed by atoms with Gasteiger partial charge in [0.2, 0.25) is 11.8 Å². The molecule has 96 valence electrons. The van der Waals surface area contributed by atoms with Crippen LogP contribution in [0.3, 0.4) is 0 Å². The smallest absolute Gasteiger partial charge is 0.246 e. The van der Waals surface area contributed by atoms with Gasteiger partial charge in [-0.15, -0.1) is 0 Å². The molecule has 1 atom stereocenters. The first-order chi connectivity index (χ1) is 8.47. The van der Waals surface area contributed by atoms with Gasteiger partial charge in [0.25, 0.3) is 0 Å². The third-order valence-corrected chi connectivity index (χ3v) is 2.73. The van der Waals surface area contributed by atoms with Crippen LogP contribution in [0.4, 0.5) is 10.1 Å². The number of carbonyl (C=O) groups is 2. The average molecular weight is 252 g/mol. The Morgan fingerprint density at radius 3 is 2.50 bits per heavy atom. The largest absolute Gasteiger partial charge is 0.389 e. The molecule has 1 saturated heterocycles. The Hall–Kier alpha value is -1.95. The summed E-state index contributed by atoms with van der Waals surface area (Å²) in [6.45, 7) is 1.53. The van der Waals surface area contributed by atoms with E-state index in [2.05, 4.69) is 5.32 Å². The number of aliphatic hydroxyl groups excluding tert-OH is 1. The standard InChI is InChI=1S/C12H13FN2O3/c1-7(16)9-4-8(13)2-3-10(9)15-5-11(17)14-12(18)6-15/h2-4,7,16H,5-6H2,1H3,(H,14,17,18)/t7-/m0/s1. The van der Waals surface area contributed by atoms with Crippen molar-refractivity contribution in [3.63, 3.8) is 0 Å². The number of anilines is 1. The Morgan fingerprint density at radius 1 is 1.33 bits per heavy atom. The average Bonchev–Trinajstić information content (AvgIpc) is 2.27. The van der Waals surface area contributed by atoms with Crippen LogP contribution in [0, 0.1) is 5.82 Å². The summed E-state index contributed by atoms with van der Waals surface area (Å²) in [4.78, 5) is 24.1. The number of hydrogen-bond acceptors (Lipinski definition) is 4. The summed E-state index contributed by atoms with van der Waals surface area (Å²) >= 11 is 0. The first kappa shape index (κ1) is 12.5. The molecule has 1 aliphatic heterocycles. The number of rotatable bonds is 2. The van der Waals surface area contributed by atoms with Gasteiger partial charge in [0.05, 0.1) is 19.2 Å². The van der Waals surface area contributed by atoms with E-state index in [1.807, 2.05) is 0 Å². The number of nitrogens with one attached hydrogen (secondary N) is 1. The zero-order chi connectivity index (χ0) is 13.3. The minimum absolute atomic E-state index is 0.0110. The highest BCUT2D eigenvalue weighted by Gasteiger charge is 2.25. The van der Waals surface area contributed by atoms with Crippen molar-refractivity contribution in [1.29, 1.82) is 0 Å². The Kier molecular flexibility index (Phi) is 3.29. The highest BCUT2D eigenvalue weighted by molar-refractivity contribution is 6.02. The third kappa shape index (κ3) is 2.48. The maximum atomic E-state index is 13.2. The molecule has 5 nitrogen and oxygen atoms in total. The van der Waals surface area contributed by atoms with Crippen molar-refractivity contribution in [2.24, 2.45) is 0 Å². The fraction of sp³-hybridized carbons (Fsp3) is 0.333. The number of aliphatic hydroxyl groups is 1. The highest BCUT2D eigenvalue weighted by atomic mass is 19.1. The molecule has 0 unspecified atom stereocenters. The van der Waals surface area contributed by atoms with Gasteiger partial charge in [0.15, 0.2) is 0 Å². The molecule has 0 aromatic heterocycles. The molecule has 0 radical (unpaired) electrons. The summed E-state index contributed by atoms with van der Waals surface area (Å²) in [6, 6.07) is 3.90. The number of halogens is 1. The predicted molar refractivity (Wildman–Crippen MR) is 62.4 cm³/mol. The van der Waals surface area contributed by atoms with Crippen LogP contribution >= 0.6 is 0 Å². The lowest BCUT2D eigenvalue weighted by Crippen LogP contribution is -2.51. The van der Waals surface area contributed by atoms with Gasteiger partial charge >= 0.3 is 0 Å². The zero-order valence-corrected chi connectivity index (χ0v) is 9.81. The van der Waals surface area contributed by atoms with Crippen molar-refractivity contribution in [3.05, 3.63) is 29.6 Å². The minimum Gasteiger partial charge on any atom is -0.389 e. The molecule has 0 aliphatic carbocycles. The fourth-order valence-corrected chi connectivity index (χ4v) is 1.96. The number of imide groups is 1. The first-order valence-electron chi connectivity index (χ1n) is 5.52. The quantitative estimate of drug-likeness (QED) is 0.745. The lowest BCUT2D eigenvalue weighted by Gasteiger charge is -2.29. The van der Waals surface area contributed by atoms with E-state index in [1.54, 1.807) is 0 Å². The lowest BCUT2D eigenvalue weighted by atomic mass is 10.1. The molecule has 0 bridgehead atoms. The second kappa shape index (κ2) is 4.73. The maximum absolute atomic E-state index is 13.2. The molecule has 2 rings (SSSR count). The van der Waals surface area contributed by atoms with Crippen LogP contribution in [-0.4, -0.2) is 30.0 Å². The Morgan fingerprint density at radius 2 is 1.94 bits per heavy atom. The van der Waals surface area contributed by atoms with Gasteiger partial charge in [-0.05, 0) is 25.1 Å². The molecule has 0 spiro atoms. The van der Waals surface area contributed by atoms with E-state index in [0.717, 1.165) is 0 Å². The van der Waals surface area contributed by atoms with Gasteiger partial charge in [-0.2, -0.15) is 0 Å². The number of hydrogen-bond donors (Lipinski definition) is 2. The molecular weight excluding hydrogens is 239 g/mol. The first-order valence-corrected chi connectivity index (χ1v) is 5.52. The summed E-state index contributed by atoms with van der Waals surface area (Å²) in [5.74, 6) is -1.29. The van der Waals surface area contributed by atoms with Gasteiger partial charge in [-0.3, -0.25) is 14.9 Å². The Labute approximate surface area is 103 Å². The number of carbonyl (C=O) groups excluding carboxylic acids is 2. The Balaban J connectivity index is 2.37. The molecule has 1 fully saturated rings. The SMILES string of the molecule is C[C@H](O)c1cc(F)ccc1N1CC(=O)NC(=O)C1. The molecule has 1 aromatic rings. The Bertz CT molecular complexity index is 486. The molecule has 1 heterocycles. The van der Waals surface area contributed by atoms with E-state index >= 15 is 0 Å². The van der Waals surface area contributed by atoms with Gasteiger partial charge in [0, 0.05) is 11.3 Å². The molecule has 2 amide bonds. The molecule has 1 aromatic carbocycles. The summed E-state index contributed by atoms with van der Waals surface area (Å²) in [6.07, 6.45) is -0.879. The van der Waals surface area contributed by atoms with E-state index in [4.69, 9.17) is 0 Å². The maximum Gasteiger partial charge on any atom is 0.246 e. The predicted octanol–water partition coefficient (Wildman–Crippen LogP) is 0.342. The molecule has 2 N–H and O–H groups in total. The summed E-state index contributed by atoms with van der Waals surface area (Å²) in [5.41, 5.74) is 0.854. The van der Waals surface area contributed by atoms with E-state index < -0.39 is 23.7 Å². The molecule has 0 saturated carbocycles. The van der Waals surface area contributed by atoms with Crippen molar-refractivity contribution < 1.29 is 19.1 Å². The summed E-state index contributed by atoms with van der Waals surface area (Å²) in [5, 5.41) is 11.8. The van der Waals surface area contributed by atoms with Crippen LogP contribution in [0.15, 0.2) is 18.2 Å². The van der Waals surface area contributed by atoms with E-state index in [1.165, 1.54) is 30.0 Å². The topological polar surface area (TPSA) is 69.6 Å². The normalized spacial score (nSPS) is 17.6. The van der Waals surface area contributed by atoms with Crippen molar-refractivity contribution in [2.45, 2.75) is 13.0 Å². The van der Waals surface area contributed by atoms with Crippen molar-refractivity contribution in [3.8, 4) is 0 Å². The number of amides is 2.